The van der Waals surface area contributed by atoms with Crippen molar-refractivity contribution >= 4 is 11.8 Å². The fourth-order valence-corrected chi connectivity index (χ4v) is 2.42. The van der Waals surface area contributed by atoms with E-state index < -0.39 is 6.04 Å². The normalized spacial score (nSPS) is 12.1. The van der Waals surface area contributed by atoms with E-state index in [1.54, 1.807) is 36.0 Å². The second-order valence-corrected chi connectivity index (χ2v) is 6.48. The average Bonchev–Trinajstić information content (AvgIpc) is 2.51. The maximum atomic E-state index is 12.4. The zero-order valence-electron chi connectivity index (χ0n) is 14.9. The van der Waals surface area contributed by atoms with Gasteiger partial charge in [0.15, 0.2) is 0 Å². The summed E-state index contributed by atoms with van der Waals surface area (Å²) in [5.74, 6) is 0.345. The SMILES string of the molecule is CCN(Cc1ccc(C(=O)N(C)C)cc1)C(=O)[C@@H](N)CC(C)C. The molecule has 0 aromatic heterocycles. The minimum Gasteiger partial charge on any atom is -0.345 e. The third-order valence-electron chi connectivity index (χ3n) is 3.72. The van der Waals surface area contributed by atoms with Crippen molar-refractivity contribution in [2.75, 3.05) is 20.6 Å². The zero-order chi connectivity index (χ0) is 17.6. The molecule has 0 aliphatic carbocycles. The summed E-state index contributed by atoms with van der Waals surface area (Å²) in [5.41, 5.74) is 7.64. The lowest BCUT2D eigenvalue weighted by molar-refractivity contribution is -0.133. The lowest BCUT2D eigenvalue weighted by Crippen LogP contribution is -2.43. The standard InChI is InChI=1S/C18H29N3O2/c1-6-21(18(23)16(19)11-13(2)3)12-14-7-9-15(10-8-14)17(22)20(4)5/h7-10,13,16H,6,11-12,19H2,1-5H3/t16-/m0/s1. The van der Waals surface area contributed by atoms with Gasteiger partial charge in [-0.15, -0.1) is 0 Å². The molecule has 2 N–H and O–H groups in total. The van der Waals surface area contributed by atoms with Crippen LogP contribution in [-0.4, -0.2) is 48.3 Å². The Morgan fingerprint density at radius 1 is 1.13 bits per heavy atom. The van der Waals surface area contributed by atoms with Gasteiger partial charge in [0, 0.05) is 32.7 Å². The van der Waals surface area contributed by atoms with E-state index >= 15 is 0 Å². The molecular formula is C18H29N3O2. The number of nitrogens with two attached hydrogens (primary N) is 1. The van der Waals surface area contributed by atoms with Gasteiger partial charge in [0.05, 0.1) is 6.04 Å². The minimum atomic E-state index is -0.454. The van der Waals surface area contributed by atoms with Crippen molar-refractivity contribution in [1.29, 1.82) is 0 Å². The van der Waals surface area contributed by atoms with Crippen molar-refractivity contribution in [1.82, 2.24) is 9.80 Å². The molecule has 5 nitrogen and oxygen atoms in total. The van der Waals surface area contributed by atoms with Crippen LogP contribution in [0.4, 0.5) is 0 Å². The number of hydrogen-bond donors (Lipinski definition) is 1. The highest BCUT2D eigenvalue weighted by molar-refractivity contribution is 5.93. The maximum Gasteiger partial charge on any atom is 0.253 e. The van der Waals surface area contributed by atoms with Gasteiger partial charge in [0.25, 0.3) is 5.91 Å². The van der Waals surface area contributed by atoms with Crippen molar-refractivity contribution in [2.24, 2.45) is 11.7 Å². The summed E-state index contributed by atoms with van der Waals surface area (Å²) >= 11 is 0. The quantitative estimate of drug-likeness (QED) is 0.837. The molecule has 5 heteroatoms. The van der Waals surface area contributed by atoms with Crippen LogP contribution < -0.4 is 5.73 Å². The van der Waals surface area contributed by atoms with Gasteiger partial charge in [0.1, 0.15) is 0 Å². The first kappa shape index (κ1) is 19.2. The van der Waals surface area contributed by atoms with Gasteiger partial charge in [0.2, 0.25) is 5.91 Å². The summed E-state index contributed by atoms with van der Waals surface area (Å²) < 4.78 is 0. The Morgan fingerprint density at radius 3 is 2.13 bits per heavy atom. The lowest BCUT2D eigenvalue weighted by Gasteiger charge is -2.25. The number of nitrogens with zero attached hydrogens (tertiary/aromatic N) is 2. The number of hydrogen-bond acceptors (Lipinski definition) is 3. The van der Waals surface area contributed by atoms with Gasteiger partial charge in [-0.25, -0.2) is 0 Å². The molecule has 0 radical (unpaired) electrons. The molecule has 0 heterocycles. The molecule has 128 valence electrons. The largest absolute Gasteiger partial charge is 0.345 e. The monoisotopic (exact) mass is 319 g/mol. The number of carbonyl (C=O) groups excluding carboxylic acids is 2. The van der Waals surface area contributed by atoms with E-state index in [0.717, 1.165) is 5.56 Å². The molecule has 1 rings (SSSR count). The molecule has 0 aliphatic rings. The molecule has 1 aromatic rings. The van der Waals surface area contributed by atoms with Gasteiger partial charge in [-0.05, 0) is 37.0 Å². The molecule has 0 aliphatic heterocycles. The van der Waals surface area contributed by atoms with Crippen LogP contribution in [0.15, 0.2) is 24.3 Å². The fraction of sp³-hybridized carbons (Fsp3) is 0.556. The van der Waals surface area contributed by atoms with Crippen molar-refractivity contribution in [3.05, 3.63) is 35.4 Å². The first-order valence-corrected chi connectivity index (χ1v) is 8.11. The third kappa shape index (κ3) is 5.67. The summed E-state index contributed by atoms with van der Waals surface area (Å²) in [6.07, 6.45) is 0.686. The highest BCUT2D eigenvalue weighted by atomic mass is 16.2. The predicted molar refractivity (Wildman–Crippen MR) is 93.0 cm³/mol. The molecule has 0 spiro atoms. The molecular weight excluding hydrogens is 290 g/mol. The van der Waals surface area contributed by atoms with E-state index in [2.05, 4.69) is 13.8 Å². The van der Waals surface area contributed by atoms with Crippen molar-refractivity contribution < 1.29 is 9.59 Å². The van der Waals surface area contributed by atoms with E-state index in [-0.39, 0.29) is 11.8 Å². The fourth-order valence-electron chi connectivity index (χ4n) is 2.42. The van der Waals surface area contributed by atoms with Crippen LogP contribution in [0.1, 0.15) is 43.1 Å². The molecule has 0 fully saturated rings. The van der Waals surface area contributed by atoms with Crippen LogP contribution in [0.25, 0.3) is 0 Å². The predicted octanol–water partition coefficient (Wildman–Crippen LogP) is 2.11. The van der Waals surface area contributed by atoms with Crippen LogP contribution in [-0.2, 0) is 11.3 Å². The van der Waals surface area contributed by atoms with Crippen molar-refractivity contribution in [2.45, 2.75) is 39.8 Å². The number of amides is 2. The minimum absolute atomic E-state index is 0.0188. The first-order chi connectivity index (χ1) is 10.8. The Bertz CT molecular complexity index is 524. The number of rotatable bonds is 7. The van der Waals surface area contributed by atoms with Gasteiger partial charge < -0.3 is 15.5 Å². The summed E-state index contributed by atoms with van der Waals surface area (Å²) in [6, 6.07) is 6.92. The molecule has 0 saturated heterocycles. The molecule has 1 atom stereocenters. The second kappa shape index (κ2) is 8.67. The van der Waals surface area contributed by atoms with E-state index in [1.807, 2.05) is 19.1 Å². The summed E-state index contributed by atoms with van der Waals surface area (Å²) in [4.78, 5) is 27.6. The molecule has 2 amide bonds. The summed E-state index contributed by atoms with van der Waals surface area (Å²) in [6.45, 7) is 7.19. The first-order valence-electron chi connectivity index (χ1n) is 8.11. The second-order valence-electron chi connectivity index (χ2n) is 6.48. The van der Waals surface area contributed by atoms with Crippen molar-refractivity contribution in [3.63, 3.8) is 0 Å². The van der Waals surface area contributed by atoms with Gasteiger partial charge in [-0.1, -0.05) is 26.0 Å². The Labute approximate surface area is 139 Å². The van der Waals surface area contributed by atoms with E-state index in [4.69, 9.17) is 5.73 Å². The molecule has 1 aromatic carbocycles. The molecule has 0 saturated carbocycles. The van der Waals surface area contributed by atoms with Gasteiger partial charge >= 0.3 is 0 Å². The van der Waals surface area contributed by atoms with Gasteiger partial charge in [-0.2, -0.15) is 0 Å². The maximum absolute atomic E-state index is 12.4. The molecule has 0 bridgehead atoms. The van der Waals surface area contributed by atoms with Crippen LogP contribution in [0.3, 0.4) is 0 Å². The number of carbonyl (C=O) groups is 2. The highest BCUT2D eigenvalue weighted by Gasteiger charge is 2.21. The number of benzene rings is 1. The van der Waals surface area contributed by atoms with E-state index in [1.165, 1.54) is 0 Å². The smallest absolute Gasteiger partial charge is 0.253 e. The summed E-state index contributed by atoms with van der Waals surface area (Å²) in [5, 5.41) is 0. The Balaban J connectivity index is 2.76. The van der Waals surface area contributed by atoms with Crippen molar-refractivity contribution in [3.8, 4) is 0 Å². The number of likely N-dealkylation sites (N-methyl/N-ethyl adjacent to an activating group) is 1. The zero-order valence-corrected chi connectivity index (χ0v) is 14.9. The Kier molecular flexibility index (Phi) is 7.23. The van der Waals surface area contributed by atoms with Gasteiger partial charge in [-0.3, -0.25) is 9.59 Å². The third-order valence-corrected chi connectivity index (χ3v) is 3.72. The Morgan fingerprint density at radius 2 is 1.70 bits per heavy atom. The van der Waals surface area contributed by atoms with Crippen LogP contribution in [0.2, 0.25) is 0 Å². The van der Waals surface area contributed by atoms with Crippen LogP contribution in [0.5, 0.6) is 0 Å². The Hall–Kier alpha value is -1.88. The lowest BCUT2D eigenvalue weighted by atomic mass is 10.0. The average molecular weight is 319 g/mol. The summed E-state index contributed by atoms with van der Waals surface area (Å²) in [7, 11) is 3.45. The van der Waals surface area contributed by atoms with E-state index in [9.17, 15) is 9.59 Å². The van der Waals surface area contributed by atoms with E-state index in [0.29, 0.717) is 31.0 Å². The van der Waals surface area contributed by atoms with Crippen LogP contribution >= 0.6 is 0 Å². The highest BCUT2D eigenvalue weighted by Crippen LogP contribution is 2.12. The van der Waals surface area contributed by atoms with Crippen LogP contribution in [0, 0.1) is 5.92 Å². The topological polar surface area (TPSA) is 66.6 Å². The molecule has 0 unspecified atom stereocenters. The molecule has 23 heavy (non-hydrogen) atoms.